The number of nitrogens with one attached hydrogen (secondary N) is 1. The third kappa shape index (κ3) is 2.26. The molecular weight excluding hydrogens is 174 g/mol. The number of ether oxygens (including phenoxy) is 1. The molecule has 0 radical (unpaired) electrons. The maximum atomic E-state index is 5.12. The van der Waals surface area contributed by atoms with Gasteiger partial charge in [0.25, 0.3) is 0 Å². The molecule has 1 aliphatic rings. The molecule has 1 aromatic rings. The average Bonchev–Trinajstić information content (AvgIpc) is 2.72. The SMILES string of the molecule is COc1ccc(C[C@H]2CCCN2)cc1. The fourth-order valence-electron chi connectivity index (χ4n) is 1.98. The Morgan fingerprint density at radius 1 is 1.36 bits per heavy atom. The normalized spacial score (nSPS) is 21.1. The first-order valence-corrected chi connectivity index (χ1v) is 5.25. The van der Waals surface area contributed by atoms with Gasteiger partial charge in [0.05, 0.1) is 7.11 Å². The van der Waals surface area contributed by atoms with Gasteiger partial charge in [-0.25, -0.2) is 0 Å². The van der Waals surface area contributed by atoms with Crippen LogP contribution in [0.5, 0.6) is 5.75 Å². The molecule has 0 spiro atoms. The molecule has 2 heteroatoms. The van der Waals surface area contributed by atoms with Gasteiger partial charge >= 0.3 is 0 Å². The molecule has 14 heavy (non-hydrogen) atoms. The summed E-state index contributed by atoms with van der Waals surface area (Å²) in [4.78, 5) is 0. The van der Waals surface area contributed by atoms with E-state index in [-0.39, 0.29) is 0 Å². The Hall–Kier alpha value is -1.02. The fourth-order valence-corrected chi connectivity index (χ4v) is 1.98. The van der Waals surface area contributed by atoms with E-state index < -0.39 is 0 Å². The lowest BCUT2D eigenvalue weighted by Gasteiger charge is -2.10. The molecule has 1 heterocycles. The van der Waals surface area contributed by atoms with Crippen molar-refractivity contribution in [1.29, 1.82) is 0 Å². The second kappa shape index (κ2) is 4.47. The van der Waals surface area contributed by atoms with Gasteiger partial charge in [0, 0.05) is 6.04 Å². The maximum Gasteiger partial charge on any atom is 0.118 e. The fraction of sp³-hybridized carbons (Fsp3) is 0.500. The summed E-state index contributed by atoms with van der Waals surface area (Å²) < 4.78 is 5.12. The molecule has 0 aromatic heterocycles. The van der Waals surface area contributed by atoms with Crippen LogP contribution in [0.25, 0.3) is 0 Å². The molecule has 0 bridgehead atoms. The highest BCUT2D eigenvalue weighted by molar-refractivity contribution is 5.27. The Labute approximate surface area is 85.3 Å². The van der Waals surface area contributed by atoms with Gasteiger partial charge in [0.15, 0.2) is 0 Å². The van der Waals surface area contributed by atoms with Gasteiger partial charge < -0.3 is 10.1 Å². The van der Waals surface area contributed by atoms with Gasteiger partial charge in [-0.05, 0) is 43.5 Å². The standard InChI is InChI=1S/C12H17NO/c1-14-12-6-4-10(5-7-12)9-11-3-2-8-13-11/h4-7,11,13H,2-3,8-9H2,1H3/t11-/m1/s1. The van der Waals surface area contributed by atoms with Crippen LogP contribution in [0.1, 0.15) is 18.4 Å². The minimum atomic E-state index is 0.684. The van der Waals surface area contributed by atoms with Crippen molar-refractivity contribution < 1.29 is 4.74 Å². The lowest BCUT2D eigenvalue weighted by Crippen LogP contribution is -2.23. The molecule has 2 rings (SSSR count). The van der Waals surface area contributed by atoms with E-state index in [1.54, 1.807) is 7.11 Å². The average molecular weight is 191 g/mol. The summed E-state index contributed by atoms with van der Waals surface area (Å²) in [5.74, 6) is 0.938. The van der Waals surface area contributed by atoms with E-state index in [0.29, 0.717) is 6.04 Å². The van der Waals surface area contributed by atoms with Gasteiger partial charge in [-0.15, -0.1) is 0 Å². The first kappa shape index (κ1) is 9.53. The molecule has 1 N–H and O–H groups in total. The molecule has 2 nitrogen and oxygen atoms in total. The number of benzene rings is 1. The van der Waals surface area contributed by atoms with Gasteiger partial charge in [0.2, 0.25) is 0 Å². The van der Waals surface area contributed by atoms with E-state index in [1.807, 2.05) is 12.1 Å². The van der Waals surface area contributed by atoms with Crippen molar-refractivity contribution >= 4 is 0 Å². The molecule has 0 amide bonds. The van der Waals surface area contributed by atoms with Crippen molar-refractivity contribution in [3.8, 4) is 5.75 Å². The second-order valence-electron chi connectivity index (χ2n) is 3.85. The third-order valence-electron chi connectivity index (χ3n) is 2.80. The van der Waals surface area contributed by atoms with Crippen molar-refractivity contribution in [2.45, 2.75) is 25.3 Å². The summed E-state index contributed by atoms with van der Waals surface area (Å²) in [6.07, 6.45) is 3.77. The lowest BCUT2D eigenvalue weighted by atomic mass is 10.0. The monoisotopic (exact) mass is 191 g/mol. The predicted octanol–water partition coefficient (Wildman–Crippen LogP) is 1.99. The zero-order valence-electron chi connectivity index (χ0n) is 8.62. The highest BCUT2D eigenvalue weighted by atomic mass is 16.5. The van der Waals surface area contributed by atoms with E-state index in [4.69, 9.17) is 4.74 Å². The molecular formula is C12H17NO. The van der Waals surface area contributed by atoms with Crippen molar-refractivity contribution in [3.05, 3.63) is 29.8 Å². The van der Waals surface area contributed by atoms with Crippen molar-refractivity contribution in [2.75, 3.05) is 13.7 Å². The zero-order chi connectivity index (χ0) is 9.80. The van der Waals surface area contributed by atoms with E-state index in [9.17, 15) is 0 Å². The Balaban J connectivity index is 1.95. The summed E-state index contributed by atoms with van der Waals surface area (Å²) in [5.41, 5.74) is 1.39. The Bertz CT molecular complexity index is 275. The van der Waals surface area contributed by atoms with E-state index in [2.05, 4.69) is 17.4 Å². The Kier molecular flexibility index (Phi) is 3.04. The first-order valence-electron chi connectivity index (χ1n) is 5.25. The Morgan fingerprint density at radius 3 is 2.71 bits per heavy atom. The molecule has 1 fully saturated rings. The van der Waals surface area contributed by atoms with Gasteiger partial charge in [-0.2, -0.15) is 0 Å². The molecule has 0 aliphatic carbocycles. The van der Waals surface area contributed by atoms with Crippen molar-refractivity contribution in [1.82, 2.24) is 5.32 Å². The van der Waals surface area contributed by atoms with Gasteiger partial charge in [-0.3, -0.25) is 0 Å². The molecule has 0 unspecified atom stereocenters. The quantitative estimate of drug-likeness (QED) is 0.789. The highest BCUT2D eigenvalue weighted by Gasteiger charge is 2.13. The van der Waals surface area contributed by atoms with Crippen LogP contribution in [0.2, 0.25) is 0 Å². The van der Waals surface area contributed by atoms with Crippen molar-refractivity contribution in [2.24, 2.45) is 0 Å². The van der Waals surface area contributed by atoms with Crippen LogP contribution in [0, 0.1) is 0 Å². The van der Waals surface area contributed by atoms with Gasteiger partial charge in [-0.1, -0.05) is 12.1 Å². The van der Waals surface area contributed by atoms with Crippen LogP contribution in [-0.4, -0.2) is 19.7 Å². The lowest BCUT2D eigenvalue weighted by molar-refractivity contribution is 0.414. The first-order chi connectivity index (χ1) is 6.88. The number of hydrogen-bond acceptors (Lipinski definition) is 2. The summed E-state index contributed by atoms with van der Waals surface area (Å²) in [7, 11) is 1.70. The largest absolute Gasteiger partial charge is 0.497 e. The third-order valence-corrected chi connectivity index (χ3v) is 2.80. The number of rotatable bonds is 3. The molecule has 0 saturated carbocycles. The van der Waals surface area contributed by atoms with E-state index >= 15 is 0 Å². The molecule has 76 valence electrons. The summed E-state index contributed by atoms with van der Waals surface area (Å²) in [5, 5.41) is 3.50. The molecule has 1 aromatic carbocycles. The van der Waals surface area contributed by atoms with E-state index in [1.165, 1.54) is 24.9 Å². The summed E-state index contributed by atoms with van der Waals surface area (Å²) >= 11 is 0. The van der Waals surface area contributed by atoms with Crippen molar-refractivity contribution in [3.63, 3.8) is 0 Å². The van der Waals surface area contributed by atoms with Crippen LogP contribution >= 0.6 is 0 Å². The molecule has 1 aliphatic heterocycles. The topological polar surface area (TPSA) is 21.3 Å². The second-order valence-corrected chi connectivity index (χ2v) is 3.85. The zero-order valence-corrected chi connectivity index (χ0v) is 8.62. The minimum Gasteiger partial charge on any atom is -0.497 e. The summed E-state index contributed by atoms with van der Waals surface area (Å²) in [6.45, 7) is 1.18. The maximum absolute atomic E-state index is 5.12. The smallest absolute Gasteiger partial charge is 0.118 e. The number of hydrogen-bond donors (Lipinski definition) is 1. The molecule has 1 saturated heterocycles. The van der Waals surface area contributed by atoms with Gasteiger partial charge in [0.1, 0.15) is 5.75 Å². The highest BCUT2D eigenvalue weighted by Crippen LogP contribution is 2.15. The summed E-state index contributed by atoms with van der Waals surface area (Å²) in [6, 6.07) is 9.05. The van der Waals surface area contributed by atoms with Crippen LogP contribution in [0.15, 0.2) is 24.3 Å². The number of methoxy groups -OCH3 is 1. The minimum absolute atomic E-state index is 0.684. The Morgan fingerprint density at radius 2 is 2.14 bits per heavy atom. The van der Waals surface area contributed by atoms with Crippen LogP contribution in [-0.2, 0) is 6.42 Å². The van der Waals surface area contributed by atoms with Crippen LogP contribution < -0.4 is 10.1 Å². The van der Waals surface area contributed by atoms with Crippen LogP contribution in [0.3, 0.4) is 0 Å². The molecule has 1 atom stereocenters. The van der Waals surface area contributed by atoms with E-state index in [0.717, 1.165) is 12.2 Å². The van der Waals surface area contributed by atoms with Crippen LogP contribution in [0.4, 0.5) is 0 Å². The predicted molar refractivity (Wildman–Crippen MR) is 57.7 cm³/mol.